The number of hydrogen-bond donors (Lipinski definition) is 3. The van der Waals surface area contributed by atoms with Gasteiger partial charge in [-0.25, -0.2) is 0 Å². The van der Waals surface area contributed by atoms with Gasteiger partial charge in [0.1, 0.15) is 0 Å². The summed E-state index contributed by atoms with van der Waals surface area (Å²) in [4.78, 5) is 0. The molecule has 0 saturated heterocycles. The van der Waals surface area contributed by atoms with Crippen molar-refractivity contribution in [3.8, 4) is 0 Å². The zero-order valence-electron chi connectivity index (χ0n) is 12.6. The Labute approximate surface area is 118 Å². The summed E-state index contributed by atoms with van der Waals surface area (Å²) in [7, 11) is 0. The van der Waals surface area contributed by atoms with Gasteiger partial charge in [0.2, 0.25) is 0 Å². The summed E-state index contributed by atoms with van der Waals surface area (Å²) in [6, 6.07) is 0. The van der Waals surface area contributed by atoms with Gasteiger partial charge in [-0.3, -0.25) is 0 Å². The van der Waals surface area contributed by atoms with Crippen LogP contribution in [0.1, 0.15) is 58.3 Å². The standard InChI is InChI=1S/C15H33NO3/c1-2-3-4-5-6-7-8-9-12-19-14-15(18)13-16-10-11-17/h15-18H,2-14H2,1H3. The molecule has 0 aromatic carbocycles. The molecule has 4 heteroatoms. The van der Waals surface area contributed by atoms with Crippen molar-refractivity contribution in [1.29, 1.82) is 0 Å². The summed E-state index contributed by atoms with van der Waals surface area (Å²) in [6.45, 7) is 4.48. The third-order valence-electron chi connectivity index (χ3n) is 3.12. The molecule has 0 amide bonds. The van der Waals surface area contributed by atoms with E-state index in [1.165, 1.54) is 44.9 Å². The second kappa shape index (κ2) is 15.9. The van der Waals surface area contributed by atoms with Gasteiger partial charge < -0.3 is 20.3 Å². The Kier molecular flexibility index (Phi) is 15.8. The molecule has 1 atom stereocenters. The molecule has 0 aromatic rings. The van der Waals surface area contributed by atoms with Crippen LogP contribution in [0.25, 0.3) is 0 Å². The lowest BCUT2D eigenvalue weighted by Crippen LogP contribution is -2.32. The Morgan fingerprint density at radius 2 is 1.63 bits per heavy atom. The average Bonchev–Trinajstić information content (AvgIpc) is 2.41. The van der Waals surface area contributed by atoms with Crippen molar-refractivity contribution < 1.29 is 14.9 Å². The molecular formula is C15H33NO3. The van der Waals surface area contributed by atoms with Gasteiger partial charge in [-0.2, -0.15) is 0 Å². The third kappa shape index (κ3) is 15.8. The quantitative estimate of drug-likeness (QED) is 0.401. The number of hydrogen-bond acceptors (Lipinski definition) is 4. The summed E-state index contributed by atoms with van der Waals surface area (Å²) in [5, 5.41) is 21.0. The van der Waals surface area contributed by atoms with E-state index < -0.39 is 6.10 Å². The lowest BCUT2D eigenvalue weighted by atomic mass is 10.1. The molecule has 0 bridgehead atoms. The molecule has 0 heterocycles. The van der Waals surface area contributed by atoms with Gasteiger partial charge in [0, 0.05) is 19.7 Å². The zero-order chi connectivity index (χ0) is 14.2. The number of ether oxygens (including phenoxy) is 1. The topological polar surface area (TPSA) is 61.7 Å². The first-order valence-corrected chi connectivity index (χ1v) is 7.88. The van der Waals surface area contributed by atoms with E-state index in [0.29, 0.717) is 19.7 Å². The van der Waals surface area contributed by atoms with Crippen LogP contribution in [0.15, 0.2) is 0 Å². The molecular weight excluding hydrogens is 242 g/mol. The van der Waals surface area contributed by atoms with Gasteiger partial charge in [-0.1, -0.05) is 51.9 Å². The second-order valence-corrected chi connectivity index (χ2v) is 5.13. The van der Waals surface area contributed by atoms with Gasteiger partial charge in [0.25, 0.3) is 0 Å². The van der Waals surface area contributed by atoms with Crippen molar-refractivity contribution in [2.24, 2.45) is 0 Å². The first kappa shape index (κ1) is 18.8. The van der Waals surface area contributed by atoms with Crippen LogP contribution < -0.4 is 5.32 Å². The lowest BCUT2D eigenvalue weighted by molar-refractivity contribution is 0.0350. The SMILES string of the molecule is CCCCCCCCCCOCC(O)CNCCO. The van der Waals surface area contributed by atoms with E-state index in [1.807, 2.05) is 0 Å². The smallest absolute Gasteiger partial charge is 0.0897 e. The molecule has 0 rings (SSSR count). The normalized spacial score (nSPS) is 12.8. The van der Waals surface area contributed by atoms with Crippen molar-refractivity contribution >= 4 is 0 Å². The summed E-state index contributed by atoms with van der Waals surface area (Å²) < 4.78 is 5.42. The van der Waals surface area contributed by atoms with E-state index >= 15 is 0 Å². The highest BCUT2D eigenvalue weighted by atomic mass is 16.5. The van der Waals surface area contributed by atoms with Crippen LogP contribution in [0.3, 0.4) is 0 Å². The minimum atomic E-state index is -0.472. The highest BCUT2D eigenvalue weighted by Gasteiger charge is 2.02. The number of aliphatic hydroxyl groups excluding tert-OH is 2. The van der Waals surface area contributed by atoms with Crippen molar-refractivity contribution in [2.75, 3.05) is 32.9 Å². The molecule has 19 heavy (non-hydrogen) atoms. The molecule has 0 saturated carbocycles. The van der Waals surface area contributed by atoms with E-state index in [4.69, 9.17) is 9.84 Å². The van der Waals surface area contributed by atoms with Crippen LogP contribution in [-0.4, -0.2) is 49.2 Å². The molecule has 0 aliphatic rings. The number of nitrogens with one attached hydrogen (secondary N) is 1. The molecule has 0 radical (unpaired) electrons. The third-order valence-corrected chi connectivity index (χ3v) is 3.12. The van der Waals surface area contributed by atoms with E-state index in [1.54, 1.807) is 0 Å². The van der Waals surface area contributed by atoms with Gasteiger partial charge in [0.15, 0.2) is 0 Å². The van der Waals surface area contributed by atoms with Crippen LogP contribution in [-0.2, 0) is 4.74 Å². The largest absolute Gasteiger partial charge is 0.395 e. The first-order valence-electron chi connectivity index (χ1n) is 7.88. The molecule has 0 spiro atoms. The van der Waals surface area contributed by atoms with E-state index in [-0.39, 0.29) is 6.61 Å². The zero-order valence-corrected chi connectivity index (χ0v) is 12.6. The Balaban J connectivity index is 3.05. The van der Waals surface area contributed by atoms with Crippen LogP contribution >= 0.6 is 0 Å². The summed E-state index contributed by atoms with van der Waals surface area (Å²) in [5.41, 5.74) is 0. The van der Waals surface area contributed by atoms with Gasteiger partial charge >= 0.3 is 0 Å². The molecule has 0 aliphatic carbocycles. The Bertz CT molecular complexity index is 167. The van der Waals surface area contributed by atoms with Crippen LogP contribution in [0.5, 0.6) is 0 Å². The Morgan fingerprint density at radius 1 is 1.00 bits per heavy atom. The van der Waals surface area contributed by atoms with Crippen molar-refractivity contribution in [2.45, 2.75) is 64.4 Å². The molecule has 0 aromatic heterocycles. The monoisotopic (exact) mass is 275 g/mol. The fourth-order valence-electron chi connectivity index (χ4n) is 1.96. The van der Waals surface area contributed by atoms with Crippen LogP contribution in [0.2, 0.25) is 0 Å². The molecule has 0 fully saturated rings. The van der Waals surface area contributed by atoms with Crippen molar-refractivity contribution in [3.63, 3.8) is 0 Å². The van der Waals surface area contributed by atoms with Gasteiger partial charge in [0.05, 0.1) is 19.3 Å². The predicted octanol–water partition coefficient (Wildman–Crippen LogP) is 2.09. The Morgan fingerprint density at radius 3 is 2.26 bits per heavy atom. The molecule has 1 unspecified atom stereocenters. The summed E-state index contributed by atoms with van der Waals surface area (Å²) in [5.74, 6) is 0. The second-order valence-electron chi connectivity index (χ2n) is 5.13. The fourth-order valence-corrected chi connectivity index (χ4v) is 1.96. The maximum atomic E-state index is 9.53. The van der Waals surface area contributed by atoms with Crippen LogP contribution in [0, 0.1) is 0 Å². The lowest BCUT2D eigenvalue weighted by Gasteiger charge is -2.11. The first-order chi connectivity index (χ1) is 9.31. The van der Waals surface area contributed by atoms with Crippen molar-refractivity contribution in [1.82, 2.24) is 5.32 Å². The number of aliphatic hydroxyl groups is 2. The highest BCUT2D eigenvalue weighted by molar-refractivity contribution is 4.57. The summed E-state index contributed by atoms with van der Waals surface area (Å²) in [6.07, 6.45) is 9.90. The predicted molar refractivity (Wildman–Crippen MR) is 79.4 cm³/mol. The maximum Gasteiger partial charge on any atom is 0.0897 e. The molecule has 4 nitrogen and oxygen atoms in total. The number of unbranched alkanes of at least 4 members (excludes halogenated alkanes) is 7. The fraction of sp³-hybridized carbons (Fsp3) is 1.00. The molecule has 3 N–H and O–H groups in total. The number of rotatable bonds is 15. The van der Waals surface area contributed by atoms with Crippen molar-refractivity contribution in [3.05, 3.63) is 0 Å². The Hall–Kier alpha value is -0.160. The summed E-state index contributed by atoms with van der Waals surface area (Å²) >= 11 is 0. The van der Waals surface area contributed by atoms with Gasteiger partial charge in [-0.05, 0) is 6.42 Å². The van der Waals surface area contributed by atoms with Gasteiger partial charge in [-0.15, -0.1) is 0 Å². The van der Waals surface area contributed by atoms with E-state index in [9.17, 15) is 5.11 Å². The average molecular weight is 275 g/mol. The minimum Gasteiger partial charge on any atom is -0.395 e. The van der Waals surface area contributed by atoms with E-state index in [2.05, 4.69) is 12.2 Å². The minimum absolute atomic E-state index is 0.103. The molecule has 0 aliphatic heterocycles. The molecule has 116 valence electrons. The van der Waals surface area contributed by atoms with E-state index in [0.717, 1.165) is 13.0 Å². The highest BCUT2D eigenvalue weighted by Crippen LogP contribution is 2.08. The van der Waals surface area contributed by atoms with Crippen LogP contribution in [0.4, 0.5) is 0 Å². The maximum absolute atomic E-state index is 9.53.